The van der Waals surface area contributed by atoms with Gasteiger partial charge in [0.25, 0.3) is 0 Å². The molecule has 0 N–H and O–H groups in total. The summed E-state index contributed by atoms with van der Waals surface area (Å²) in [4.78, 5) is 0. The molecule has 140 valence electrons. The predicted octanol–water partition coefficient (Wildman–Crippen LogP) is 5.88. The minimum Gasteiger partial charge on any atom is -0.379 e. The largest absolute Gasteiger partial charge is 0.483 e. The van der Waals surface area contributed by atoms with Crippen LogP contribution in [0, 0.1) is 0 Å². The zero-order chi connectivity index (χ0) is 17.2. The zero-order valence-electron chi connectivity index (χ0n) is 16.3. The van der Waals surface area contributed by atoms with Crippen molar-refractivity contribution >= 4 is 9.53 Å². The van der Waals surface area contributed by atoms with Crippen molar-refractivity contribution in [3.05, 3.63) is 0 Å². The molecule has 0 saturated carbocycles. The van der Waals surface area contributed by atoms with E-state index in [4.69, 9.17) is 13.3 Å². The van der Waals surface area contributed by atoms with Crippen molar-refractivity contribution in [2.24, 2.45) is 0 Å². The minimum atomic E-state index is -1.89. The van der Waals surface area contributed by atoms with E-state index in [1.165, 1.54) is 77.0 Å². The van der Waals surface area contributed by atoms with Crippen LogP contribution in [0.15, 0.2) is 0 Å². The van der Waals surface area contributed by atoms with Gasteiger partial charge in [-0.1, -0.05) is 90.9 Å². The van der Waals surface area contributed by atoms with E-state index in [0.717, 1.165) is 12.8 Å². The zero-order valence-corrected chi connectivity index (χ0v) is 17.4. The summed E-state index contributed by atoms with van der Waals surface area (Å²) in [5.74, 6) is 0. The van der Waals surface area contributed by atoms with Gasteiger partial charge in [-0.3, -0.25) is 0 Å². The van der Waals surface area contributed by atoms with Gasteiger partial charge in [-0.15, -0.1) is 0 Å². The van der Waals surface area contributed by atoms with E-state index in [9.17, 15) is 0 Å². The molecule has 0 fully saturated rings. The van der Waals surface area contributed by atoms with Gasteiger partial charge >= 0.3 is 9.53 Å². The average molecular weight is 347 g/mol. The maximum atomic E-state index is 6.10. The van der Waals surface area contributed by atoms with Crippen LogP contribution in [0.5, 0.6) is 0 Å². The number of unbranched alkanes of at least 4 members (excludes halogenated alkanes) is 10. The standard InChI is InChI=1S/C19H42O3Si/c1-5-7-9-11-13-15-17-19(22-23(20-3)21-4)18-16-14-12-10-8-6-2/h19,23H,5-18H2,1-4H3. The molecule has 0 radical (unpaired) electrons. The molecule has 3 nitrogen and oxygen atoms in total. The van der Waals surface area contributed by atoms with Crippen LogP contribution >= 0.6 is 0 Å². The molecule has 0 heterocycles. The third-order valence-electron chi connectivity index (χ3n) is 4.45. The second-order valence-corrected chi connectivity index (χ2v) is 8.42. The van der Waals surface area contributed by atoms with Crippen molar-refractivity contribution in [1.29, 1.82) is 0 Å². The van der Waals surface area contributed by atoms with E-state index in [1.807, 2.05) is 0 Å². The lowest BCUT2D eigenvalue weighted by Crippen LogP contribution is -2.30. The highest BCUT2D eigenvalue weighted by atomic mass is 28.3. The second-order valence-electron chi connectivity index (χ2n) is 6.63. The van der Waals surface area contributed by atoms with E-state index >= 15 is 0 Å². The van der Waals surface area contributed by atoms with Gasteiger partial charge in [0.1, 0.15) is 0 Å². The first-order valence-corrected chi connectivity index (χ1v) is 11.4. The van der Waals surface area contributed by atoms with Gasteiger partial charge in [0.05, 0.1) is 0 Å². The molecule has 0 aromatic rings. The quantitative estimate of drug-likeness (QED) is 0.229. The maximum absolute atomic E-state index is 6.10. The minimum absolute atomic E-state index is 0.337. The van der Waals surface area contributed by atoms with Crippen molar-refractivity contribution in [3.8, 4) is 0 Å². The summed E-state index contributed by atoms with van der Waals surface area (Å²) in [6, 6.07) is 0. The molecule has 0 rings (SSSR count). The van der Waals surface area contributed by atoms with Gasteiger partial charge in [0.15, 0.2) is 0 Å². The van der Waals surface area contributed by atoms with Crippen molar-refractivity contribution in [3.63, 3.8) is 0 Å². The van der Waals surface area contributed by atoms with E-state index < -0.39 is 9.53 Å². The van der Waals surface area contributed by atoms with Crippen LogP contribution in [0.1, 0.15) is 104 Å². The highest BCUT2D eigenvalue weighted by molar-refractivity contribution is 6.36. The fourth-order valence-corrected chi connectivity index (χ4v) is 3.95. The average Bonchev–Trinajstić information content (AvgIpc) is 2.57. The first-order chi connectivity index (χ1) is 11.3. The molecule has 0 aliphatic rings. The summed E-state index contributed by atoms with van der Waals surface area (Å²) in [7, 11) is 1.51. The van der Waals surface area contributed by atoms with Crippen LogP contribution < -0.4 is 0 Å². The third-order valence-corrected chi connectivity index (χ3v) is 5.82. The highest BCUT2D eigenvalue weighted by Gasteiger charge is 2.18. The molecule has 0 saturated heterocycles. The molecule has 4 heteroatoms. The Hall–Kier alpha value is 0.0969. The van der Waals surface area contributed by atoms with E-state index in [-0.39, 0.29) is 0 Å². The van der Waals surface area contributed by atoms with Crippen molar-refractivity contribution in [2.75, 3.05) is 14.2 Å². The van der Waals surface area contributed by atoms with Crippen LogP contribution in [-0.2, 0) is 13.3 Å². The Kier molecular flexibility index (Phi) is 18.5. The first-order valence-electron chi connectivity index (χ1n) is 9.99. The third kappa shape index (κ3) is 15.4. The molecule has 0 aliphatic carbocycles. The van der Waals surface area contributed by atoms with Crippen LogP contribution in [0.3, 0.4) is 0 Å². The Morgan fingerprint density at radius 1 is 0.609 bits per heavy atom. The Balaban J connectivity index is 3.88. The number of hydrogen-bond acceptors (Lipinski definition) is 3. The van der Waals surface area contributed by atoms with Gasteiger partial charge in [-0.05, 0) is 12.8 Å². The van der Waals surface area contributed by atoms with Gasteiger partial charge in [-0.2, -0.15) is 0 Å². The first kappa shape index (κ1) is 23.1. The molecule has 0 bridgehead atoms. The van der Waals surface area contributed by atoms with Crippen molar-refractivity contribution in [1.82, 2.24) is 0 Å². The van der Waals surface area contributed by atoms with Crippen molar-refractivity contribution < 1.29 is 13.3 Å². The summed E-state index contributed by atoms with van der Waals surface area (Å²) in [5.41, 5.74) is 0. The Bertz CT molecular complexity index is 207. The molecule has 0 spiro atoms. The number of hydrogen-bond donors (Lipinski definition) is 0. The fourth-order valence-electron chi connectivity index (χ4n) is 2.95. The van der Waals surface area contributed by atoms with Gasteiger partial charge < -0.3 is 13.3 Å². The topological polar surface area (TPSA) is 27.7 Å². The Labute approximate surface area is 147 Å². The fraction of sp³-hybridized carbons (Fsp3) is 1.00. The van der Waals surface area contributed by atoms with Gasteiger partial charge in [0.2, 0.25) is 0 Å². The molecule has 0 aromatic carbocycles. The maximum Gasteiger partial charge on any atom is 0.483 e. The van der Waals surface area contributed by atoms with Crippen LogP contribution in [-0.4, -0.2) is 29.9 Å². The molecule has 0 aliphatic heterocycles. The molecular formula is C19H42O3Si. The number of rotatable bonds is 18. The molecular weight excluding hydrogens is 304 g/mol. The van der Waals surface area contributed by atoms with Crippen LogP contribution in [0.2, 0.25) is 0 Å². The summed E-state index contributed by atoms with van der Waals surface area (Å²) in [5, 5.41) is 0. The highest BCUT2D eigenvalue weighted by Crippen LogP contribution is 2.17. The lowest BCUT2D eigenvalue weighted by atomic mass is 10.0. The summed E-state index contributed by atoms with van der Waals surface area (Å²) >= 11 is 0. The molecule has 0 amide bonds. The smallest absolute Gasteiger partial charge is 0.379 e. The normalized spacial score (nSPS) is 11.7. The molecule has 0 aromatic heterocycles. The predicted molar refractivity (Wildman–Crippen MR) is 102 cm³/mol. The van der Waals surface area contributed by atoms with E-state index in [1.54, 1.807) is 14.2 Å². The molecule has 23 heavy (non-hydrogen) atoms. The molecule has 0 unspecified atom stereocenters. The molecule has 0 atom stereocenters. The SMILES string of the molecule is CCCCCCCCC(CCCCCCCC)O[SiH](OC)OC. The van der Waals surface area contributed by atoms with E-state index in [2.05, 4.69) is 13.8 Å². The summed E-state index contributed by atoms with van der Waals surface area (Å²) in [6.07, 6.45) is 18.8. The summed E-state index contributed by atoms with van der Waals surface area (Å²) in [6.45, 7) is 4.54. The Morgan fingerprint density at radius 2 is 1.00 bits per heavy atom. The van der Waals surface area contributed by atoms with Crippen LogP contribution in [0.4, 0.5) is 0 Å². The van der Waals surface area contributed by atoms with Crippen molar-refractivity contribution in [2.45, 2.75) is 110 Å². The van der Waals surface area contributed by atoms with Crippen LogP contribution in [0.25, 0.3) is 0 Å². The van der Waals surface area contributed by atoms with Gasteiger partial charge in [-0.25, -0.2) is 0 Å². The lowest BCUT2D eigenvalue weighted by Gasteiger charge is -2.22. The van der Waals surface area contributed by atoms with E-state index in [0.29, 0.717) is 6.10 Å². The van der Waals surface area contributed by atoms with Gasteiger partial charge in [0, 0.05) is 20.3 Å². The summed E-state index contributed by atoms with van der Waals surface area (Å²) < 4.78 is 16.8. The monoisotopic (exact) mass is 346 g/mol. The Morgan fingerprint density at radius 3 is 1.39 bits per heavy atom. The second kappa shape index (κ2) is 18.4. The lowest BCUT2D eigenvalue weighted by molar-refractivity contribution is 0.0735.